The number of rotatable bonds is 6. The summed E-state index contributed by atoms with van der Waals surface area (Å²) in [5, 5.41) is 2.74. The molecule has 2 aromatic carbocycles. The van der Waals surface area contributed by atoms with Crippen molar-refractivity contribution in [1.29, 1.82) is 0 Å². The molecule has 2 rings (SSSR count). The highest BCUT2D eigenvalue weighted by molar-refractivity contribution is 5.94. The van der Waals surface area contributed by atoms with E-state index in [-0.39, 0.29) is 24.1 Å². The Labute approximate surface area is 128 Å². The van der Waals surface area contributed by atoms with Crippen LogP contribution in [0, 0.1) is 5.82 Å². The molecule has 1 N–H and O–H groups in total. The molecule has 0 radical (unpaired) electrons. The molecule has 0 aromatic heterocycles. The standard InChI is InChI=1S/C17H18FNO3/c1-21-15-8-4-5-12(10-15)16(22-2)11-19-17(20)13-6-3-7-14(18)9-13/h3-10,16H,11H2,1-2H3,(H,19,20). The van der Waals surface area contributed by atoms with Crippen molar-refractivity contribution in [3.8, 4) is 5.75 Å². The molecule has 0 fully saturated rings. The van der Waals surface area contributed by atoms with E-state index in [1.165, 1.54) is 18.2 Å². The Hall–Kier alpha value is -2.40. The maximum Gasteiger partial charge on any atom is 0.251 e. The predicted molar refractivity (Wildman–Crippen MR) is 81.5 cm³/mol. The molecule has 5 heteroatoms. The topological polar surface area (TPSA) is 47.6 Å². The van der Waals surface area contributed by atoms with Gasteiger partial charge >= 0.3 is 0 Å². The Bertz CT molecular complexity index is 645. The van der Waals surface area contributed by atoms with Gasteiger partial charge in [0.05, 0.1) is 13.2 Å². The molecule has 0 aliphatic carbocycles. The molecule has 1 unspecified atom stereocenters. The number of carbonyl (C=O) groups excluding carboxylic acids is 1. The first-order chi connectivity index (χ1) is 10.6. The second-order valence-electron chi connectivity index (χ2n) is 4.72. The van der Waals surface area contributed by atoms with Gasteiger partial charge in [0, 0.05) is 19.2 Å². The Balaban J connectivity index is 2.03. The Morgan fingerprint density at radius 1 is 1.18 bits per heavy atom. The number of benzene rings is 2. The van der Waals surface area contributed by atoms with Crippen LogP contribution in [-0.2, 0) is 4.74 Å². The minimum absolute atomic E-state index is 0.277. The van der Waals surface area contributed by atoms with Crippen LogP contribution in [0.2, 0.25) is 0 Å². The Kier molecular flexibility index (Phi) is 5.49. The first-order valence-electron chi connectivity index (χ1n) is 6.84. The number of carbonyl (C=O) groups is 1. The molecule has 0 saturated carbocycles. The molecule has 1 amide bonds. The normalized spacial score (nSPS) is 11.8. The number of ether oxygens (including phenoxy) is 2. The lowest BCUT2D eigenvalue weighted by atomic mass is 10.1. The van der Waals surface area contributed by atoms with Crippen LogP contribution in [0.4, 0.5) is 4.39 Å². The van der Waals surface area contributed by atoms with Crippen LogP contribution in [0.25, 0.3) is 0 Å². The summed E-state index contributed by atoms with van der Waals surface area (Å²) in [4.78, 5) is 12.0. The Morgan fingerprint density at radius 3 is 2.64 bits per heavy atom. The van der Waals surface area contributed by atoms with Crippen molar-refractivity contribution in [2.75, 3.05) is 20.8 Å². The van der Waals surface area contributed by atoms with Crippen LogP contribution in [0.5, 0.6) is 5.75 Å². The first-order valence-corrected chi connectivity index (χ1v) is 6.84. The lowest BCUT2D eigenvalue weighted by Gasteiger charge is -2.17. The van der Waals surface area contributed by atoms with Gasteiger partial charge in [0.15, 0.2) is 0 Å². The van der Waals surface area contributed by atoms with Gasteiger partial charge in [-0.05, 0) is 35.9 Å². The van der Waals surface area contributed by atoms with Crippen molar-refractivity contribution in [2.24, 2.45) is 0 Å². The zero-order chi connectivity index (χ0) is 15.9. The van der Waals surface area contributed by atoms with Gasteiger partial charge in [0.1, 0.15) is 11.6 Å². The SMILES string of the molecule is COc1cccc(C(CNC(=O)c2cccc(F)c2)OC)c1. The van der Waals surface area contributed by atoms with Crippen molar-refractivity contribution in [2.45, 2.75) is 6.10 Å². The lowest BCUT2D eigenvalue weighted by molar-refractivity contribution is 0.0827. The maximum atomic E-state index is 13.1. The zero-order valence-corrected chi connectivity index (χ0v) is 12.5. The van der Waals surface area contributed by atoms with Gasteiger partial charge in [0.25, 0.3) is 5.91 Å². The van der Waals surface area contributed by atoms with Gasteiger partial charge in [0.2, 0.25) is 0 Å². The molecule has 0 saturated heterocycles. The van der Waals surface area contributed by atoms with Crippen molar-refractivity contribution in [3.05, 3.63) is 65.5 Å². The fourth-order valence-corrected chi connectivity index (χ4v) is 2.10. The maximum absolute atomic E-state index is 13.1. The molecule has 22 heavy (non-hydrogen) atoms. The average Bonchev–Trinajstić information content (AvgIpc) is 2.55. The van der Waals surface area contributed by atoms with Gasteiger partial charge in [-0.2, -0.15) is 0 Å². The van der Waals surface area contributed by atoms with E-state index in [0.717, 1.165) is 11.3 Å². The molecule has 0 heterocycles. The molecule has 1 atom stereocenters. The molecular weight excluding hydrogens is 285 g/mol. The minimum Gasteiger partial charge on any atom is -0.497 e. The number of methoxy groups -OCH3 is 2. The summed E-state index contributed by atoms with van der Waals surface area (Å²) in [6.07, 6.45) is -0.312. The summed E-state index contributed by atoms with van der Waals surface area (Å²) in [5.41, 5.74) is 1.17. The fraction of sp³-hybridized carbons (Fsp3) is 0.235. The zero-order valence-electron chi connectivity index (χ0n) is 12.5. The number of amides is 1. The molecule has 0 bridgehead atoms. The van der Waals surface area contributed by atoms with E-state index in [2.05, 4.69) is 5.32 Å². The van der Waals surface area contributed by atoms with Gasteiger partial charge < -0.3 is 14.8 Å². The molecular formula is C17H18FNO3. The minimum atomic E-state index is -0.441. The summed E-state index contributed by atoms with van der Waals surface area (Å²) in [7, 11) is 3.16. The van der Waals surface area contributed by atoms with E-state index in [1.807, 2.05) is 24.3 Å². The van der Waals surface area contributed by atoms with E-state index < -0.39 is 5.82 Å². The van der Waals surface area contributed by atoms with E-state index in [4.69, 9.17) is 9.47 Å². The number of hydrogen-bond donors (Lipinski definition) is 1. The molecule has 116 valence electrons. The second-order valence-corrected chi connectivity index (χ2v) is 4.72. The predicted octanol–water partition coefficient (Wildman–Crippen LogP) is 2.95. The van der Waals surface area contributed by atoms with Crippen molar-refractivity contribution < 1.29 is 18.7 Å². The van der Waals surface area contributed by atoms with Crippen LogP contribution < -0.4 is 10.1 Å². The van der Waals surface area contributed by atoms with Gasteiger partial charge in [-0.15, -0.1) is 0 Å². The number of hydrogen-bond acceptors (Lipinski definition) is 3. The van der Waals surface area contributed by atoms with E-state index in [0.29, 0.717) is 0 Å². The summed E-state index contributed by atoms with van der Waals surface area (Å²) < 4.78 is 23.7. The quantitative estimate of drug-likeness (QED) is 0.892. The highest BCUT2D eigenvalue weighted by Crippen LogP contribution is 2.21. The number of nitrogens with one attached hydrogen (secondary N) is 1. The average molecular weight is 303 g/mol. The van der Waals surface area contributed by atoms with Crippen molar-refractivity contribution in [3.63, 3.8) is 0 Å². The largest absolute Gasteiger partial charge is 0.497 e. The van der Waals surface area contributed by atoms with Crippen LogP contribution in [0.3, 0.4) is 0 Å². The van der Waals surface area contributed by atoms with Gasteiger partial charge in [-0.25, -0.2) is 4.39 Å². The smallest absolute Gasteiger partial charge is 0.251 e. The molecule has 0 spiro atoms. The Morgan fingerprint density at radius 2 is 1.95 bits per heavy atom. The third-order valence-corrected chi connectivity index (χ3v) is 3.28. The van der Waals surface area contributed by atoms with Crippen LogP contribution in [-0.4, -0.2) is 26.7 Å². The van der Waals surface area contributed by atoms with Crippen molar-refractivity contribution in [1.82, 2.24) is 5.32 Å². The highest BCUT2D eigenvalue weighted by atomic mass is 19.1. The summed E-state index contributed by atoms with van der Waals surface area (Å²) in [6, 6.07) is 13.0. The van der Waals surface area contributed by atoms with Crippen LogP contribution >= 0.6 is 0 Å². The number of halogens is 1. The molecule has 0 aliphatic rings. The van der Waals surface area contributed by atoms with Gasteiger partial charge in [-0.1, -0.05) is 18.2 Å². The third kappa shape index (κ3) is 4.05. The molecule has 4 nitrogen and oxygen atoms in total. The monoisotopic (exact) mass is 303 g/mol. The fourth-order valence-electron chi connectivity index (χ4n) is 2.10. The summed E-state index contributed by atoms with van der Waals surface area (Å²) in [6.45, 7) is 0.277. The molecule has 2 aromatic rings. The molecule has 0 aliphatic heterocycles. The van der Waals surface area contributed by atoms with Gasteiger partial charge in [-0.3, -0.25) is 4.79 Å². The highest BCUT2D eigenvalue weighted by Gasteiger charge is 2.14. The third-order valence-electron chi connectivity index (χ3n) is 3.28. The van der Waals surface area contributed by atoms with E-state index in [1.54, 1.807) is 20.3 Å². The lowest BCUT2D eigenvalue weighted by Crippen LogP contribution is -2.29. The first kappa shape index (κ1) is 16.0. The van der Waals surface area contributed by atoms with Crippen molar-refractivity contribution >= 4 is 5.91 Å². The van der Waals surface area contributed by atoms with Crippen LogP contribution in [0.15, 0.2) is 48.5 Å². The van der Waals surface area contributed by atoms with E-state index >= 15 is 0 Å². The summed E-state index contributed by atoms with van der Waals surface area (Å²) in [5.74, 6) is -0.0656. The second kappa shape index (κ2) is 7.56. The van der Waals surface area contributed by atoms with Crippen LogP contribution in [0.1, 0.15) is 22.0 Å². The van der Waals surface area contributed by atoms with E-state index in [9.17, 15) is 9.18 Å². The summed E-state index contributed by atoms with van der Waals surface area (Å²) >= 11 is 0.